The van der Waals surface area contributed by atoms with Crippen molar-refractivity contribution in [2.24, 2.45) is 5.41 Å². The van der Waals surface area contributed by atoms with Crippen LogP contribution in [0.5, 0.6) is 0 Å². The smallest absolute Gasteiger partial charge is 0.0717 e. The summed E-state index contributed by atoms with van der Waals surface area (Å²) >= 11 is 0. The van der Waals surface area contributed by atoms with Gasteiger partial charge in [-0.25, -0.2) is 0 Å². The lowest BCUT2D eigenvalue weighted by atomic mass is 9.84. The average molecular weight is 286 g/mol. The molecule has 112 valence electrons. The SMILES string of the molecule is OCC(CO)(COCc1ccccc1)Cc1ccccc1. The van der Waals surface area contributed by atoms with E-state index >= 15 is 0 Å². The molecule has 0 aromatic heterocycles. The van der Waals surface area contributed by atoms with Crippen LogP contribution in [0.3, 0.4) is 0 Å². The van der Waals surface area contributed by atoms with Gasteiger partial charge in [-0.05, 0) is 17.5 Å². The normalized spacial score (nSPS) is 11.5. The molecule has 0 heterocycles. The Kier molecular flexibility index (Phi) is 5.93. The minimum Gasteiger partial charge on any atom is -0.396 e. The Morgan fingerprint density at radius 1 is 0.762 bits per heavy atom. The summed E-state index contributed by atoms with van der Waals surface area (Å²) in [7, 11) is 0. The van der Waals surface area contributed by atoms with Gasteiger partial charge >= 0.3 is 0 Å². The molecular weight excluding hydrogens is 264 g/mol. The van der Waals surface area contributed by atoms with Crippen LogP contribution in [0.2, 0.25) is 0 Å². The van der Waals surface area contributed by atoms with E-state index in [4.69, 9.17) is 4.74 Å². The Morgan fingerprint density at radius 2 is 1.29 bits per heavy atom. The Balaban J connectivity index is 1.94. The average Bonchev–Trinajstić information content (AvgIpc) is 2.56. The molecule has 0 bridgehead atoms. The fraction of sp³-hybridized carbons (Fsp3) is 0.333. The van der Waals surface area contributed by atoms with Crippen LogP contribution in [0.15, 0.2) is 60.7 Å². The van der Waals surface area contributed by atoms with Crippen molar-refractivity contribution >= 4 is 0 Å². The fourth-order valence-electron chi connectivity index (χ4n) is 2.29. The molecule has 2 N–H and O–H groups in total. The van der Waals surface area contributed by atoms with E-state index in [1.807, 2.05) is 60.7 Å². The van der Waals surface area contributed by atoms with Crippen LogP contribution in [0, 0.1) is 5.41 Å². The number of hydrogen-bond donors (Lipinski definition) is 2. The van der Waals surface area contributed by atoms with Crippen molar-refractivity contribution in [1.82, 2.24) is 0 Å². The second-order valence-corrected chi connectivity index (χ2v) is 5.46. The van der Waals surface area contributed by atoms with Gasteiger partial charge in [0.05, 0.1) is 26.4 Å². The summed E-state index contributed by atoms with van der Waals surface area (Å²) in [4.78, 5) is 0. The second-order valence-electron chi connectivity index (χ2n) is 5.46. The number of aliphatic hydroxyl groups is 2. The van der Waals surface area contributed by atoms with Crippen molar-refractivity contribution in [3.63, 3.8) is 0 Å². The highest BCUT2D eigenvalue weighted by atomic mass is 16.5. The summed E-state index contributed by atoms with van der Waals surface area (Å²) in [5.41, 5.74) is 1.53. The molecule has 0 amide bonds. The minimum absolute atomic E-state index is 0.104. The largest absolute Gasteiger partial charge is 0.396 e. The van der Waals surface area contributed by atoms with Crippen molar-refractivity contribution in [3.8, 4) is 0 Å². The van der Waals surface area contributed by atoms with Gasteiger partial charge in [0.15, 0.2) is 0 Å². The monoisotopic (exact) mass is 286 g/mol. The quantitative estimate of drug-likeness (QED) is 0.783. The molecule has 3 nitrogen and oxygen atoms in total. The molecule has 0 aliphatic rings. The Hall–Kier alpha value is -1.68. The molecule has 0 radical (unpaired) electrons. The zero-order valence-electron chi connectivity index (χ0n) is 12.1. The molecule has 21 heavy (non-hydrogen) atoms. The minimum atomic E-state index is -0.643. The highest BCUT2D eigenvalue weighted by Crippen LogP contribution is 2.23. The standard InChI is InChI=1S/C18H22O3/c19-13-18(14-20,11-16-7-3-1-4-8-16)15-21-12-17-9-5-2-6-10-17/h1-10,19-20H,11-15H2. The van der Waals surface area contributed by atoms with Crippen LogP contribution in [0.1, 0.15) is 11.1 Å². The number of rotatable bonds is 8. The van der Waals surface area contributed by atoms with Gasteiger partial charge in [0, 0.05) is 5.41 Å². The van der Waals surface area contributed by atoms with Gasteiger partial charge in [0.25, 0.3) is 0 Å². The van der Waals surface area contributed by atoms with Crippen LogP contribution in [-0.4, -0.2) is 30.0 Å². The van der Waals surface area contributed by atoms with Gasteiger partial charge in [-0.1, -0.05) is 60.7 Å². The number of ether oxygens (including phenoxy) is 1. The highest BCUT2D eigenvalue weighted by Gasteiger charge is 2.29. The zero-order valence-corrected chi connectivity index (χ0v) is 12.1. The molecule has 0 saturated carbocycles. The van der Waals surface area contributed by atoms with E-state index in [0.29, 0.717) is 19.6 Å². The first kappa shape index (κ1) is 15.7. The van der Waals surface area contributed by atoms with Crippen molar-refractivity contribution in [2.75, 3.05) is 19.8 Å². The van der Waals surface area contributed by atoms with E-state index in [2.05, 4.69) is 0 Å². The topological polar surface area (TPSA) is 49.7 Å². The predicted molar refractivity (Wildman–Crippen MR) is 82.8 cm³/mol. The van der Waals surface area contributed by atoms with Crippen LogP contribution in [-0.2, 0) is 17.8 Å². The molecule has 2 aromatic carbocycles. The van der Waals surface area contributed by atoms with Gasteiger partial charge in [-0.3, -0.25) is 0 Å². The zero-order chi connectivity index (χ0) is 15.0. The van der Waals surface area contributed by atoms with Gasteiger partial charge in [-0.2, -0.15) is 0 Å². The highest BCUT2D eigenvalue weighted by molar-refractivity contribution is 5.17. The summed E-state index contributed by atoms with van der Waals surface area (Å²) in [5, 5.41) is 19.4. The molecule has 0 aliphatic heterocycles. The van der Waals surface area contributed by atoms with Crippen molar-refractivity contribution in [3.05, 3.63) is 71.8 Å². The van der Waals surface area contributed by atoms with E-state index in [9.17, 15) is 10.2 Å². The van der Waals surface area contributed by atoms with Gasteiger partial charge in [0.1, 0.15) is 0 Å². The molecule has 0 fully saturated rings. The molecule has 0 aliphatic carbocycles. The maximum atomic E-state index is 9.70. The first-order valence-electron chi connectivity index (χ1n) is 7.15. The molecule has 0 atom stereocenters. The van der Waals surface area contributed by atoms with Gasteiger partial charge < -0.3 is 14.9 Å². The van der Waals surface area contributed by atoms with E-state index in [1.165, 1.54) is 0 Å². The molecule has 2 rings (SSSR count). The maximum Gasteiger partial charge on any atom is 0.0717 e. The number of hydrogen-bond acceptors (Lipinski definition) is 3. The molecular formula is C18H22O3. The maximum absolute atomic E-state index is 9.70. The summed E-state index contributed by atoms with van der Waals surface area (Å²) in [6.45, 7) is 0.599. The number of aliphatic hydroxyl groups excluding tert-OH is 2. The summed E-state index contributed by atoms with van der Waals surface area (Å²) in [6.07, 6.45) is 0.593. The molecule has 0 unspecified atom stereocenters. The third kappa shape index (κ3) is 4.67. The Morgan fingerprint density at radius 3 is 1.81 bits per heavy atom. The van der Waals surface area contributed by atoms with E-state index < -0.39 is 5.41 Å². The molecule has 0 saturated heterocycles. The predicted octanol–water partition coefficient (Wildman–Crippen LogP) is 2.42. The van der Waals surface area contributed by atoms with E-state index in [1.54, 1.807) is 0 Å². The van der Waals surface area contributed by atoms with Crippen molar-refractivity contribution < 1.29 is 14.9 Å². The van der Waals surface area contributed by atoms with E-state index in [0.717, 1.165) is 11.1 Å². The van der Waals surface area contributed by atoms with Gasteiger partial charge in [0.2, 0.25) is 0 Å². The number of benzene rings is 2. The first-order valence-corrected chi connectivity index (χ1v) is 7.15. The van der Waals surface area contributed by atoms with E-state index in [-0.39, 0.29) is 13.2 Å². The Bertz CT molecular complexity index is 507. The lowest BCUT2D eigenvalue weighted by molar-refractivity contribution is -0.0331. The first-order chi connectivity index (χ1) is 10.3. The molecule has 2 aromatic rings. The van der Waals surface area contributed by atoms with Crippen molar-refractivity contribution in [1.29, 1.82) is 0 Å². The second kappa shape index (κ2) is 7.93. The Labute approximate surface area is 125 Å². The van der Waals surface area contributed by atoms with Gasteiger partial charge in [-0.15, -0.1) is 0 Å². The van der Waals surface area contributed by atoms with Crippen LogP contribution in [0.4, 0.5) is 0 Å². The third-order valence-corrected chi connectivity index (χ3v) is 3.61. The third-order valence-electron chi connectivity index (χ3n) is 3.61. The summed E-state index contributed by atoms with van der Waals surface area (Å²) < 4.78 is 5.72. The summed E-state index contributed by atoms with van der Waals surface area (Å²) in [5.74, 6) is 0. The molecule has 0 spiro atoms. The van der Waals surface area contributed by atoms with Crippen LogP contribution in [0.25, 0.3) is 0 Å². The lowest BCUT2D eigenvalue weighted by Gasteiger charge is -2.29. The van der Waals surface area contributed by atoms with Crippen molar-refractivity contribution in [2.45, 2.75) is 13.0 Å². The van der Waals surface area contributed by atoms with Crippen LogP contribution < -0.4 is 0 Å². The molecule has 3 heteroatoms. The van der Waals surface area contributed by atoms with Crippen LogP contribution >= 0.6 is 0 Å². The fourth-order valence-corrected chi connectivity index (χ4v) is 2.29. The lowest BCUT2D eigenvalue weighted by Crippen LogP contribution is -2.37. The summed E-state index contributed by atoms with van der Waals surface area (Å²) in [6, 6.07) is 19.8.